The van der Waals surface area contributed by atoms with Crippen molar-refractivity contribution in [2.24, 2.45) is 5.10 Å². The molecule has 0 spiro atoms. The molecule has 0 fully saturated rings. The van der Waals surface area contributed by atoms with Gasteiger partial charge in [0.1, 0.15) is 5.75 Å². The first kappa shape index (κ1) is 19.6. The SMILES string of the molecule is O=C(N/N=C\c1ccc(OC(=O)c2ccc(Cl)cc2Cl)cc1)c1ccccc1. The van der Waals surface area contributed by atoms with Gasteiger partial charge >= 0.3 is 5.97 Å². The molecule has 3 aromatic carbocycles. The van der Waals surface area contributed by atoms with Gasteiger partial charge in [-0.05, 0) is 60.2 Å². The van der Waals surface area contributed by atoms with E-state index in [1.54, 1.807) is 54.6 Å². The molecule has 5 nitrogen and oxygen atoms in total. The minimum Gasteiger partial charge on any atom is -0.423 e. The summed E-state index contributed by atoms with van der Waals surface area (Å²) in [5, 5.41) is 4.57. The fourth-order valence-electron chi connectivity index (χ4n) is 2.26. The maximum atomic E-state index is 12.2. The molecular weight excluding hydrogens is 399 g/mol. The summed E-state index contributed by atoms with van der Waals surface area (Å²) in [6.07, 6.45) is 1.49. The Morgan fingerprint density at radius 1 is 0.929 bits per heavy atom. The predicted molar refractivity (Wildman–Crippen MR) is 109 cm³/mol. The summed E-state index contributed by atoms with van der Waals surface area (Å²) in [5.41, 5.74) is 3.91. The highest BCUT2D eigenvalue weighted by Gasteiger charge is 2.13. The second kappa shape index (κ2) is 9.17. The molecule has 0 aromatic heterocycles. The van der Waals surface area contributed by atoms with Crippen LogP contribution >= 0.6 is 23.2 Å². The number of carbonyl (C=O) groups excluding carboxylic acids is 2. The number of nitrogens with zero attached hydrogens (tertiary/aromatic N) is 1. The Kier molecular flexibility index (Phi) is 6.42. The van der Waals surface area contributed by atoms with Gasteiger partial charge in [-0.25, -0.2) is 10.2 Å². The van der Waals surface area contributed by atoms with Crippen molar-refractivity contribution in [3.8, 4) is 5.75 Å². The Bertz CT molecular complexity index is 1020. The van der Waals surface area contributed by atoms with Crippen LogP contribution in [0.25, 0.3) is 0 Å². The number of esters is 1. The van der Waals surface area contributed by atoms with Gasteiger partial charge in [0.25, 0.3) is 5.91 Å². The summed E-state index contributed by atoms with van der Waals surface area (Å²) < 4.78 is 5.30. The number of benzene rings is 3. The van der Waals surface area contributed by atoms with Gasteiger partial charge < -0.3 is 4.74 Å². The molecule has 0 unspecified atom stereocenters. The van der Waals surface area contributed by atoms with Crippen LogP contribution in [0.15, 0.2) is 77.9 Å². The lowest BCUT2D eigenvalue weighted by Gasteiger charge is -2.06. The third-order valence-corrected chi connectivity index (χ3v) is 4.21. The van der Waals surface area contributed by atoms with Crippen molar-refractivity contribution in [1.29, 1.82) is 0 Å². The zero-order valence-corrected chi connectivity index (χ0v) is 15.9. The monoisotopic (exact) mass is 412 g/mol. The van der Waals surface area contributed by atoms with E-state index in [4.69, 9.17) is 27.9 Å². The van der Waals surface area contributed by atoms with E-state index in [0.29, 0.717) is 16.3 Å². The number of amides is 1. The number of nitrogens with one attached hydrogen (secondary N) is 1. The summed E-state index contributed by atoms with van der Waals surface area (Å²) in [6.45, 7) is 0. The molecule has 140 valence electrons. The molecule has 7 heteroatoms. The van der Waals surface area contributed by atoms with Crippen molar-refractivity contribution in [3.05, 3.63) is 99.5 Å². The first-order chi connectivity index (χ1) is 13.5. The first-order valence-corrected chi connectivity index (χ1v) is 8.94. The zero-order valence-electron chi connectivity index (χ0n) is 14.4. The van der Waals surface area contributed by atoms with Gasteiger partial charge in [-0.2, -0.15) is 5.10 Å². The molecule has 3 aromatic rings. The van der Waals surface area contributed by atoms with Gasteiger partial charge in [0, 0.05) is 10.6 Å². The highest BCUT2D eigenvalue weighted by atomic mass is 35.5. The van der Waals surface area contributed by atoms with E-state index in [0.717, 1.165) is 5.56 Å². The minimum absolute atomic E-state index is 0.218. The first-order valence-electron chi connectivity index (χ1n) is 8.19. The van der Waals surface area contributed by atoms with E-state index in [-0.39, 0.29) is 16.5 Å². The van der Waals surface area contributed by atoms with Crippen molar-refractivity contribution in [3.63, 3.8) is 0 Å². The Hall–Kier alpha value is -3.15. The van der Waals surface area contributed by atoms with Crippen molar-refractivity contribution >= 4 is 41.3 Å². The van der Waals surface area contributed by atoms with Gasteiger partial charge in [-0.1, -0.05) is 41.4 Å². The Labute approximate surface area is 171 Å². The van der Waals surface area contributed by atoms with Crippen LogP contribution in [-0.4, -0.2) is 18.1 Å². The van der Waals surface area contributed by atoms with E-state index in [9.17, 15) is 9.59 Å². The quantitative estimate of drug-likeness (QED) is 0.278. The van der Waals surface area contributed by atoms with Crippen LogP contribution in [0.2, 0.25) is 10.0 Å². The highest BCUT2D eigenvalue weighted by molar-refractivity contribution is 6.36. The highest BCUT2D eigenvalue weighted by Crippen LogP contribution is 2.22. The van der Waals surface area contributed by atoms with Gasteiger partial charge in [-0.3, -0.25) is 4.79 Å². The summed E-state index contributed by atoms with van der Waals surface area (Å²) in [4.78, 5) is 24.1. The van der Waals surface area contributed by atoms with Crippen molar-refractivity contribution in [2.45, 2.75) is 0 Å². The number of rotatable bonds is 5. The number of ether oxygens (including phenoxy) is 1. The minimum atomic E-state index is -0.585. The normalized spacial score (nSPS) is 10.6. The maximum Gasteiger partial charge on any atom is 0.345 e. The fourth-order valence-corrected chi connectivity index (χ4v) is 2.74. The molecule has 0 aliphatic rings. The van der Waals surface area contributed by atoms with Crippen LogP contribution in [0.5, 0.6) is 5.75 Å². The van der Waals surface area contributed by atoms with Gasteiger partial charge in [0.05, 0.1) is 16.8 Å². The Balaban J connectivity index is 1.59. The molecule has 28 heavy (non-hydrogen) atoms. The lowest BCUT2D eigenvalue weighted by atomic mass is 10.2. The number of hydrogen-bond donors (Lipinski definition) is 1. The van der Waals surface area contributed by atoms with Gasteiger partial charge in [0.2, 0.25) is 0 Å². The molecule has 0 saturated heterocycles. The van der Waals surface area contributed by atoms with Crippen molar-refractivity contribution in [1.82, 2.24) is 5.43 Å². The van der Waals surface area contributed by atoms with E-state index < -0.39 is 5.97 Å². The van der Waals surface area contributed by atoms with E-state index >= 15 is 0 Å². The van der Waals surface area contributed by atoms with Crippen LogP contribution in [0, 0.1) is 0 Å². The number of hydrogen-bond acceptors (Lipinski definition) is 4. The predicted octanol–water partition coefficient (Wildman–Crippen LogP) is 4.98. The van der Waals surface area contributed by atoms with Crippen LogP contribution in [0.4, 0.5) is 0 Å². The van der Waals surface area contributed by atoms with Crippen molar-refractivity contribution < 1.29 is 14.3 Å². The summed E-state index contributed by atoms with van der Waals surface area (Å²) in [5.74, 6) is -0.540. The van der Waals surface area contributed by atoms with E-state index in [2.05, 4.69) is 10.5 Å². The summed E-state index contributed by atoms with van der Waals surface area (Å²) in [7, 11) is 0. The molecule has 3 rings (SSSR count). The molecule has 0 radical (unpaired) electrons. The van der Waals surface area contributed by atoms with Crippen LogP contribution in [-0.2, 0) is 0 Å². The summed E-state index contributed by atoms with van der Waals surface area (Å²) >= 11 is 11.8. The number of hydrazone groups is 1. The third-order valence-electron chi connectivity index (χ3n) is 3.66. The van der Waals surface area contributed by atoms with E-state index in [1.807, 2.05) is 6.07 Å². The molecule has 0 aliphatic carbocycles. The second-order valence-electron chi connectivity index (χ2n) is 5.65. The average molecular weight is 413 g/mol. The summed E-state index contributed by atoms with van der Waals surface area (Å²) in [6, 6.07) is 19.9. The largest absolute Gasteiger partial charge is 0.423 e. The maximum absolute atomic E-state index is 12.2. The smallest absolute Gasteiger partial charge is 0.345 e. The van der Waals surface area contributed by atoms with Crippen molar-refractivity contribution in [2.75, 3.05) is 0 Å². The van der Waals surface area contributed by atoms with Crippen LogP contribution in [0.1, 0.15) is 26.3 Å². The lowest BCUT2D eigenvalue weighted by Crippen LogP contribution is -2.17. The molecule has 0 aliphatic heterocycles. The molecule has 0 atom stereocenters. The molecule has 1 amide bonds. The standard InChI is InChI=1S/C21H14Cl2N2O3/c22-16-8-11-18(19(23)12-16)21(27)28-17-9-6-14(7-10-17)13-24-25-20(26)15-4-2-1-3-5-15/h1-13H,(H,25,26)/b24-13-. The molecular formula is C21H14Cl2N2O3. The van der Waals surface area contributed by atoms with Crippen LogP contribution < -0.4 is 10.2 Å². The second-order valence-corrected chi connectivity index (χ2v) is 6.49. The number of halogens is 2. The zero-order chi connectivity index (χ0) is 19.9. The van der Waals surface area contributed by atoms with Gasteiger partial charge in [0.15, 0.2) is 0 Å². The third kappa shape index (κ3) is 5.19. The lowest BCUT2D eigenvalue weighted by molar-refractivity contribution is 0.0734. The molecule has 1 N–H and O–H groups in total. The topological polar surface area (TPSA) is 67.8 Å². The Morgan fingerprint density at radius 3 is 2.32 bits per heavy atom. The van der Waals surface area contributed by atoms with Crippen LogP contribution in [0.3, 0.4) is 0 Å². The van der Waals surface area contributed by atoms with E-state index in [1.165, 1.54) is 18.3 Å². The average Bonchev–Trinajstić information content (AvgIpc) is 2.69. The van der Waals surface area contributed by atoms with Gasteiger partial charge in [-0.15, -0.1) is 0 Å². The molecule has 0 heterocycles. The molecule has 0 bridgehead atoms. The Morgan fingerprint density at radius 2 is 1.64 bits per heavy atom. The number of carbonyl (C=O) groups is 2. The molecule has 0 saturated carbocycles. The fraction of sp³-hybridized carbons (Fsp3) is 0.